The van der Waals surface area contributed by atoms with E-state index < -0.39 is 27.0 Å². The van der Waals surface area contributed by atoms with Gasteiger partial charge in [0.25, 0.3) is 0 Å². The Hall–Kier alpha value is -2.87. The van der Waals surface area contributed by atoms with Crippen molar-refractivity contribution in [1.29, 1.82) is 0 Å². The summed E-state index contributed by atoms with van der Waals surface area (Å²) in [4.78, 5) is 26.1. The van der Waals surface area contributed by atoms with Crippen LogP contribution in [-0.4, -0.2) is 50.6 Å². The third-order valence-electron chi connectivity index (χ3n) is 5.88. The van der Waals surface area contributed by atoms with Crippen molar-refractivity contribution in [3.8, 4) is 5.75 Å². The Morgan fingerprint density at radius 1 is 1.09 bits per heavy atom. The number of methoxy groups -OCH3 is 1. The van der Waals surface area contributed by atoms with E-state index in [-0.39, 0.29) is 29.7 Å². The Bertz CT molecular complexity index is 1060. The van der Waals surface area contributed by atoms with E-state index in [0.29, 0.717) is 17.8 Å². The highest BCUT2D eigenvalue weighted by molar-refractivity contribution is 7.92. The fraction of sp³-hybridized carbons (Fsp3) is 0.417. The molecule has 2 amide bonds. The van der Waals surface area contributed by atoms with Crippen molar-refractivity contribution in [2.24, 2.45) is 0 Å². The molecule has 2 atom stereocenters. The largest absolute Gasteiger partial charge is 0.497 e. The number of carbonyl (C=O) groups excluding carboxylic acids is 2. The summed E-state index contributed by atoms with van der Waals surface area (Å²) in [6.07, 6.45) is 0.942. The lowest BCUT2D eigenvalue weighted by Gasteiger charge is -2.36. The predicted octanol–water partition coefficient (Wildman–Crippen LogP) is 3.39. The monoisotopic (exact) mass is 458 g/mol. The van der Waals surface area contributed by atoms with Crippen LogP contribution in [0.5, 0.6) is 5.75 Å². The minimum absolute atomic E-state index is 0.0457. The molecule has 0 spiro atoms. The molecule has 0 radical (unpaired) electrons. The Balaban J connectivity index is 1.78. The summed E-state index contributed by atoms with van der Waals surface area (Å²) in [5.74, 6) is 0.240. The quantitative estimate of drug-likeness (QED) is 0.670. The molecule has 1 aliphatic heterocycles. The number of amides is 2. The maximum atomic E-state index is 13.3. The highest BCUT2D eigenvalue weighted by Gasteiger charge is 2.39. The minimum Gasteiger partial charge on any atom is -0.497 e. The lowest BCUT2D eigenvalue weighted by atomic mass is 9.87. The first-order chi connectivity index (χ1) is 15.1. The van der Waals surface area contributed by atoms with Crippen LogP contribution in [0.2, 0.25) is 0 Å². The molecule has 1 aliphatic rings. The van der Waals surface area contributed by atoms with E-state index in [2.05, 4.69) is 26.1 Å². The number of nitrogens with one attached hydrogen (secondary N) is 1. The molecule has 1 saturated heterocycles. The molecule has 0 saturated carbocycles. The van der Waals surface area contributed by atoms with Crippen LogP contribution in [0.3, 0.4) is 0 Å². The number of hydrogen-bond acceptors (Lipinski definition) is 5. The Labute approximate surface area is 189 Å². The molecule has 1 unspecified atom stereocenters. The van der Waals surface area contributed by atoms with Crippen LogP contribution in [0.15, 0.2) is 53.4 Å². The number of nitrogens with zero attached hydrogens (tertiary/aromatic N) is 1. The number of anilines is 1. The number of carbonyl (C=O) groups is 2. The van der Waals surface area contributed by atoms with Gasteiger partial charge in [0.2, 0.25) is 12.3 Å². The third kappa shape index (κ3) is 5.12. The van der Waals surface area contributed by atoms with E-state index in [4.69, 9.17) is 4.74 Å². The average Bonchev–Trinajstić information content (AvgIpc) is 2.78. The summed E-state index contributed by atoms with van der Waals surface area (Å²) in [6, 6.07) is 12.9. The minimum atomic E-state index is -3.64. The lowest BCUT2D eigenvalue weighted by molar-refractivity contribution is -0.131. The molecule has 1 heterocycles. The van der Waals surface area contributed by atoms with Gasteiger partial charge in [-0.05, 0) is 60.2 Å². The van der Waals surface area contributed by atoms with Crippen molar-refractivity contribution in [2.45, 2.75) is 55.2 Å². The Kier molecular flexibility index (Phi) is 6.93. The van der Waals surface area contributed by atoms with E-state index in [0.717, 1.165) is 5.56 Å². The summed E-state index contributed by atoms with van der Waals surface area (Å²) < 4.78 is 31.7. The predicted molar refractivity (Wildman–Crippen MR) is 124 cm³/mol. The second kappa shape index (κ2) is 9.32. The molecule has 2 aromatic carbocycles. The molecule has 32 heavy (non-hydrogen) atoms. The molecule has 1 fully saturated rings. The molecule has 3 rings (SSSR count). The normalized spacial score (nSPS) is 19.3. The van der Waals surface area contributed by atoms with E-state index in [1.54, 1.807) is 43.5 Å². The Morgan fingerprint density at radius 2 is 1.72 bits per heavy atom. The topological polar surface area (TPSA) is 92.8 Å². The fourth-order valence-corrected chi connectivity index (χ4v) is 5.61. The fourth-order valence-electron chi connectivity index (χ4n) is 3.85. The number of piperidine rings is 1. The second-order valence-electron chi connectivity index (χ2n) is 9.04. The number of hydrogen-bond donors (Lipinski definition) is 1. The van der Waals surface area contributed by atoms with Gasteiger partial charge in [-0.3, -0.25) is 9.59 Å². The third-order valence-corrected chi connectivity index (χ3v) is 8.11. The SMILES string of the molecule is COc1ccc(NC(=O)[C@@H]2CC(S(=O)(=O)c3ccc(C(C)(C)C)cc3)CCN2C=O)cc1. The summed E-state index contributed by atoms with van der Waals surface area (Å²) in [7, 11) is -2.09. The lowest BCUT2D eigenvalue weighted by Crippen LogP contribution is -2.51. The van der Waals surface area contributed by atoms with Gasteiger partial charge in [0.05, 0.1) is 17.3 Å². The van der Waals surface area contributed by atoms with Crippen LogP contribution < -0.4 is 10.1 Å². The van der Waals surface area contributed by atoms with E-state index in [1.807, 2.05) is 12.1 Å². The van der Waals surface area contributed by atoms with Gasteiger partial charge in [-0.15, -0.1) is 0 Å². The number of ether oxygens (including phenoxy) is 1. The Morgan fingerprint density at radius 3 is 2.25 bits per heavy atom. The number of sulfone groups is 1. The number of likely N-dealkylation sites (tertiary alicyclic amines) is 1. The number of rotatable bonds is 6. The highest BCUT2D eigenvalue weighted by Crippen LogP contribution is 2.30. The first-order valence-corrected chi connectivity index (χ1v) is 12.1. The van der Waals surface area contributed by atoms with Crippen molar-refractivity contribution in [1.82, 2.24) is 4.90 Å². The molecule has 1 N–H and O–H groups in total. The van der Waals surface area contributed by atoms with Crippen molar-refractivity contribution in [3.05, 3.63) is 54.1 Å². The summed E-state index contributed by atoms with van der Waals surface area (Å²) >= 11 is 0. The first kappa shape index (κ1) is 23.8. The summed E-state index contributed by atoms with van der Waals surface area (Å²) in [6.45, 7) is 6.40. The average molecular weight is 459 g/mol. The van der Waals surface area contributed by atoms with Gasteiger partial charge in [0, 0.05) is 12.2 Å². The van der Waals surface area contributed by atoms with Crippen molar-refractivity contribution < 1.29 is 22.7 Å². The number of benzene rings is 2. The summed E-state index contributed by atoms with van der Waals surface area (Å²) in [5.41, 5.74) is 1.51. The first-order valence-electron chi connectivity index (χ1n) is 10.6. The van der Waals surface area contributed by atoms with Crippen molar-refractivity contribution in [2.75, 3.05) is 19.0 Å². The molecular weight excluding hydrogens is 428 g/mol. The molecule has 172 valence electrons. The maximum absolute atomic E-state index is 13.3. The van der Waals surface area contributed by atoms with Gasteiger partial charge >= 0.3 is 0 Å². The standard InChI is InChI=1S/C24H30N2O5S/c1-24(2,3)17-5-11-20(12-6-17)32(29,30)21-13-14-26(16-27)22(15-21)23(28)25-18-7-9-19(31-4)10-8-18/h5-12,16,21-22H,13-15H2,1-4H3,(H,25,28)/t21?,22-/m0/s1. The van der Waals surface area contributed by atoms with E-state index >= 15 is 0 Å². The van der Waals surface area contributed by atoms with Crippen LogP contribution in [0.25, 0.3) is 0 Å². The van der Waals surface area contributed by atoms with E-state index in [9.17, 15) is 18.0 Å². The highest BCUT2D eigenvalue weighted by atomic mass is 32.2. The molecule has 8 heteroatoms. The van der Waals surface area contributed by atoms with E-state index in [1.165, 1.54) is 4.90 Å². The van der Waals surface area contributed by atoms with Gasteiger partial charge in [-0.1, -0.05) is 32.9 Å². The van der Waals surface area contributed by atoms with Gasteiger partial charge in [-0.25, -0.2) is 8.42 Å². The molecule has 2 aromatic rings. The summed E-state index contributed by atoms with van der Waals surface area (Å²) in [5, 5.41) is 2.03. The molecule has 0 bridgehead atoms. The zero-order chi connectivity index (χ0) is 23.5. The van der Waals surface area contributed by atoms with Gasteiger partial charge in [0.15, 0.2) is 9.84 Å². The van der Waals surface area contributed by atoms with Crippen LogP contribution in [0, 0.1) is 0 Å². The molecule has 7 nitrogen and oxygen atoms in total. The van der Waals surface area contributed by atoms with Crippen molar-refractivity contribution in [3.63, 3.8) is 0 Å². The zero-order valence-electron chi connectivity index (χ0n) is 18.9. The van der Waals surface area contributed by atoms with Crippen LogP contribution >= 0.6 is 0 Å². The maximum Gasteiger partial charge on any atom is 0.247 e. The molecular formula is C24H30N2O5S. The second-order valence-corrected chi connectivity index (χ2v) is 11.3. The van der Waals surface area contributed by atoms with Gasteiger partial charge in [-0.2, -0.15) is 0 Å². The van der Waals surface area contributed by atoms with Crippen molar-refractivity contribution >= 4 is 27.8 Å². The van der Waals surface area contributed by atoms with Gasteiger partial charge < -0.3 is 15.0 Å². The van der Waals surface area contributed by atoms with Crippen LogP contribution in [0.1, 0.15) is 39.2 Å². The van der Waals surface area contributed by atoms with Crippen LogP contribution in [0.4, 0.5) is 5.69 Å². The smallest absolute Gasteiger partial charge is 0.247 e. The zero-order valence-corrected chi connectivity index (χ0v) is 19.7. The van der Waals surface area contributed by atoms with Crippen LogP contribution in [-0.2, 0) is 24.8 Å². The molecule has 0 aliphatic carbocycles. The molecule has 0 aromatic heterocycles. The van der Waals surface area contributed by atoms with Gasteiger partial charge in [0.1, 0.15) is 11.8 Å².